The quantitative estimate of drug-likeness (QED) is 0.318. The fourth-order valence-corrected chi connectivity index (χ4v) is 3.97. The molecule has 0 aliphatic rings. The van der Waals surface area contributed by atoms with Crippen molar-refractivity contribution in [1.82, 2.24) is 9.55 Å². The molecule has 0 saturated heterocycles. The zero-order chi connectivity index (χ0) is 22.5. The minimum Gasteiger partial charge on any atom is -0.493 e. The Kier molecular flexibility index (Phi) is 6.64. The van der Waals surface area contributed by atoms with Crippen LogP contribution in [0.5, 0.6) is 17.2 Å². The Morgan fingerprint density at radius 2 is 1.66 bits per heavy atom. The average Bonchev–Trinajstić information content (AvgIpc) is 3.16. The maximum Gasteiger partial charge on any atom is 0.161 e. The van der Waals surface area contributed by atoms with Gasteiger partial charge >= 0.3 is 0 Å². The molecule has 0 saturated carbocycles. The molecule has 166 valence electrons. The number of nitrogens with zero attached hydrogens (tertiary/aromatic N) is 2. The summed E-state index contributed by atoms with van der Waals surface area (Å²) in [5.74, 6) is 3.46. The van der Waals surface area contributed by atoms with Crippen LogP contribution in [-0.4, -0.2) is 30.4 Å². The Hall–Kier alpha value is -3.47. The van der Waals surface area contributed by atoms with E-state index in [0.717, 1.165) is 52.6 Å². The van der Waals surface area contributed by atoms with Crippen molar-refractivity contribution < 1.29 is 14.2 Å². The number of para-hydroxylation sites is 2. The Balaban J connectivity index is 1.52. The minimum atomic E-state index is 0.659. The minimum absolute atomic E-state index is 0.659. The lowest BCUT2D eigenvalue weighted by Gasteiger charge is -2.13. The van der Waals surface area contributed by atoms with Crippen molar-refractivity contribution >= 4 is 11.0 Å². The van der Waals surface area contributed by atoms with Crippen LogP contribution in [0.15, 0.2) is 60.7 Å². The molecule has 0 atom stereocenters. The highest BCUT2D eigenvalue weighted by Crippen LogP contribution is 2.29. The van der Waals surface area contributed by atoms with Gasteiger partial charge in [0.15, 0.2) is 11.5 Å². The van der Waals surface area contributed by atoms with Gasteiger partial charge in [0, 0.05) is 13.0 Å². The number of aryl methyl sites for hydroxylation is 2. The smallest absolute Gasteiger partial charge is 0.161 e. The van der Waals surface area contributed by atoms with E-state index in [2.05, 4.69) is 48.7 Å². The molecule has 1 heterocycles. The van der Waals surface area contributed by atoms with E-state index in [9.17, 15) is 0 Å². The summed E-state index contributed by atoms with van der Waals surface area (Å²) >= 11 is 0. The van der Waals surface area contributed by atoms with Crippen LogP contribution in [0, 0.1) is 13.8 Å². The van der Waals surface area contributed by atoms with Crippen LogP contribution in [0.3, 0.4) is 0 Å². The van der Waals surface area contributed by atoms with Crippen molar-refractivity contribution in [3.05, 3.63) is 83.2 Å². The van der Waals surface area contributed by atoms with E-state index in [1.54, 1.807) is 14.2 Å². The summed E-state index contributed by atoms with van der Waals surface area (Å²) in [5.41, 5.74) is 5.74. The van der Waals surface area contributed by atoms with Gasteiger partial charge in [0.2, 0.25) is 0 Å². The van der Waals surface area contributed by atoms with E-state index in [4.69, 9.17) is 19.2 Å². The number of fused-ring (bicyclic) bond motifs is 1. The van der Waals surface area contributed by atoms with Crippen molar-refractivity contribution in [2.45, 2.75) is 33.2 Å². The molecule has 0 fully saturated rings. The van der Waals surface area contributed by atoms with Gasteiger partial charge < -0.3 is 18.8 Å². The second-order valence-corrected chi connectivity index (χ2v) is 7.93. The first-order valence-electron chi connectivity index (χ1n) is 10.9. The van der Waals surface area contributed by atoms with Gasteiger partial charge in [-0.05, 0) is 67.3 Å². The topological polar surface area (TPSA) is 45.5 Å². The van der Waals surface area contributed by atoms with Gasteiger partial charge in [-0.2, -0.15) is 0 Å². The van der Waals surface area contributed by atoms with Crippen molar-refractivity contribution in [1.29, 1.82) is 0 Å². The lowest BCUT2D eigenvalue weighted by Crippen LogP contribution is -2.09. The van der Waals surface area contributed by atoms with Gasteiger partial charge in [-0.3, -0.25) is 0 Å². The van der Waals surface area contributed by atoms with Gasteiger partial charge in [-0.15, -0.1) is 0 Å². The van der Waals surface area contributed by atoms with Crippen LogP contribution >= 0.6 is 0 Å². The van der Waals surface area contributed by atoms with Crippen LogP contribution in [-0.2, 0) is 13.0 Å². The zero-order valence-electron chi connectivity index (χ0n) is 19.2. The molecule has 4 aromatic rings. The molecule has 32 heavy (non-hydrogen) atoms. The number of hydrogen-bond donors (Lipinski definition) is 0. The SMILES string of the molecule is COc1ccc(Cc2nc3ccccc3n2CCCOc2cccc(C)c2C)cc1OC. The molecular weight excluding hydrogens is 400 g/mol. The Morgan fingerprint density at radius 1 is 0.844 bits per heavy atom. The Morgan fingerprint density at radius 3 is 2.47 bits per heavy atom. The van der Waals surface area contributed by atoms with Gasteiger partial charge in [0.25, 0.3) is 0 Å². The van der Waals surface area contributed by atoms with Crippen molar-refractivity contribution in [3.8, 4) is 17.2 Å². The highest BCUT2D eigenvalue weighted by atomic mass is 16.5. The summed E-state index contributed by atoms with van der Waals surface area (Å²) in [7, 11) is 3.31. The molecule has 0 aliphatic heterocycles. The molecule has 0 radical (unpaired) electrons. The molecule has 4 rings (SSSR count). The molecule has 0 amide bonds. The van der Waals surface area contributed by atoms with Crippen LogP contribution in [0.25, 0.3) is 11.0 Å². The van der Waals surface area contributed by atoms with E-state index in [-0.39, 0.29) is 0 Å². The number of rotatable bonds is 9. The average molecular weight is 431 g/mol. The lowest BCUT2D eigenvalue weighted by molar-refractivity contribution is 0.300. The second-order valence-electron chi connectivity index (χ2n) is 7.93. The zero-order valence-corrected chi connectivity index (χ0v) is 19.2. The number of ether oxygens (including phenoxy) is 3. The van der Waals surface area contributed by atoms with E-state index in [1.807, 2.05) is 30.3 Å². The van der Waals surface area contributed by atoms with Gasteiger partial charge in [-0.25, -0.2) is 4.98 Å². The Labute approximate surface area is 189 Å². The number of methoxy groups -OCH3 is 2. The molecule has 5 nitrogen and oxygen atoms in total. The molecule has 0 aliphatic carbocycles. The van der Waals surface area contributed by atoms with Crippen LogP contribution in [0.2, 0.25) is 0 Å². The number of aromatic nitrogens is 2. The van der Waals surface area contributed by atoms with Crippen molar-refractivity contribution in [2.24, 2.45) is 0 Å². The van der Waals surface area contributed by atoms with Crippen molar-refractivity contribution in [2.75, 3.05) is 20.8 Å². The van der Waals surface area contributed by atoms with Gasteiger partial charge in [0.05, 0.1) is 31.9 Å². The third-order valence-corrected chi connectivity index (χ3v) is 5.88. The van der Waals surface area contributed by atoms with Crippen LogP contribution < -0.4 is 14.2 Å². The summed E-state index contributed by atoms with van der Waals surface area (Å²) in [6.07, 6.45) is 1.61. The molecule has 5 heteroatoms. The highest BCUT2D eigenvalue weighted by Gasteiger charge is 2.13. The third kappa shape index (κ3) is 4.57. The number of benzene rings is 3. The second kappa shape index (κ2) is 9.77. The molecule has 0 bridgehead atoms. The monoisotopic (exact) mass is 430 g/mol. The molecular formula is C27H30N2O3. The molecule has 1 aromatic heterocycles. The summed E-state index contributed by atoms with van der Waals surface area (Å²) in [4.78, 5) is 4.92. The fraction of sp³-hybridized carbons (Fsp3) is 0.296. The van der Waals surface area contributed by atoms with E-state index in [1.165, 1.54) is 11.1 Å². The highest BCUT2D eigenvalue weighted by molar-refractivity contribution is 5.76. The number of imidazole rings is 1. The van der Waals surface area contributed by atoms with E-state index < -0.39 is 0 Å². The summed E-state index contributed by atoms with van der Waals surface area (Å²) in [6, 6.07) is 20.5. The largest absolute Gasteiger partial charge is 0.493 e. The molecule has 0 unspecified atom stereocenters. The third-order valence-electron chi connectivity index (χ3n) is 5.88. The maximum atomic E-state index is 6.08. The summed E-state index contributed by atoms with van der Waals surface area (Å²) in [6.45, 7) is 5.72. The predicted octanol–water partition coefficient (Wildman–Crippen LogP) is 5.73. The van der Waals surface area contributed by atoms with Gasteiger partial charge in [0.1, 0.15) is 11.6 Å². The first-order valence-corrected chi connectivity index (χ1v) is 10.9. The van der Waals surface area contributed by atoms with E-state index >= 15 is 0 Å². The van der Waals surface area contributed by atoms with Crippen LogP contribution in [0.1, 0.15) is 28.9 Å². The molecule has 0 spiro atoms. The standard InChI is InChI=1S/C27H30N2O3/c1-19-9-7-12-24(20(19)2)32-16-8-15-29-23-11-6-5-10-22(23)28-27(29)18-21-13-14-25(30-3)26(17-21)31-4/h5-7,9-14,17H,8,15-16,18H2,1-4H3. The lowest BCUT2D eigenvalue weighted by atomic mass is 10.1. The van der Waals surface area contributed by atoms with Crippen LogP contribution in [0.4, 0.5) is 0 Å². The normalized spacial score (nSPS) is 11.0. The maximum absolute atomic E-state index is 6.08. The van der Waals surface area contributed by atoms with Gasteiger partial charge in [-0.1, -0.05) is 30.3 Å². The first kappa shape index (κ1) is 21.8. The van der Waals surface area contributed by atoms with Crippen molar-refractivity contribution in [3.63, 3.8) is 0 Å². The number of hydrogen-bond acceptors (Lipinski definition) is 4. The Bertz CT molecular complexity index is 1210. The first-order chi connectivity index (χ1) is 15.6. The molecule has 3 aromatic carbocycles. The predicted molar refractivity (Wildman–Crippen MR) is 128 cm³/mol. The molecule has 0 N–H and O–H groups in total. The fourth-order valence-electron chi connectivity index (χ4n) is 3.97. The summed E-state index contributed by atoms with van der Waals surface area (Å²) in [5, 5.41) is 0. The van der Waals surface area contributed by atoms with E-state index in [0.29, 0.717) is 13.0 Å². The summed E-state index contributed by atoms with van der Waals surface area (Å²) < 4.78 is 19.2.